The Labute approximate surface area is 119 Å². The van der Waals surface area contributed by atoms with Crippen molar-refractivity contribution in [2.45, 2.75) is 18.9 Å². The van der Waals surface area contributed by atoms with E-state index in [1.807, 2.05) is 6.07 Å². The van der Waals surface area contributed by atoms with Gasteiger partial charge in [-0.05, 0) is 43.6 Å². The van der Waals surface area contributed by atoms with E-state index in [9.17, 15) is 9.90 Å². The Morgan fingerprint density at radius 2 is 2.10 bits per heavy atom. The van der Waals surface area contributed by atoms with E-state index < -0.39 is 12.2 Å². The first kappa shape index (κ1) is 14.8. The molecule has 1 aliphatic heterocycles. The normalized spacial score (nSPS) is 16.9. The molecule has 1 unspecified atom stereocenters. The molecular formula is C15H22N2O3. The smallest absolute Gasteiger partial charge is 0.410 e. The van der Waals surface area contributed by atoms with Crippen LogP contribution in [0.4, 0.5) is 4.79 Å². The predicted molar refractivity (Wildman–Crippen MR) is 76.8 cm³/mol. The highest BCUT2D eigenvalue weighted by Crippen LogP contribution is 2.22. The van der Waals surface area contributed by atoms with Gasteiger partial charge in [-0.1, -0.05) is 12.1 Å². The van der Waals surface area contributed by atoms with Gasteiger partial charge in [0.25, 0.3) is 0 Å². The standard InChI is InChI=1S/C15H22N2O3/c1-16(2)15(19)20-13-7-5-6-12(10-13)14(18)11-17-8-3-4-9-17/h5-7,10,14,18H,3-4,8-9,11H2,1-2H3. The van der Waals surface area contributed by atoms with E-state index >= 15 is 0 Å². The Morgan fingerprint density at radius 3 is 2.75 bits per heavy atom. The van der Waals surface area contributed by atoms with E-state index in [0.717, 1.165) is 18.7 Å². The fraction of sp³-hybridized carbons (Fsp3) is 0.533. The molecule has 1 saturated heterocycles. The molecule has 0 aliphatic carbocycles. The van der Waals surface area contributed by atoms with Gasteiger partial charge in [-0.3, -0.25) is 0 Å². The number of amides is 1. The summed E-state index contributed by atoms with van der Waals surface area (Å²) < 4.78 is 5.20. The lowest BCUT2D eigenvalue weighted by Gasteiger charge is -2.20. The SMILES string of the molecule is CN(C)C(=O)Oc1cccc(C(O)CN2CCCC2)c1. The molecule has 1 fully saturated rings. The number of aliphatic hydroxyl groups is 1. The van der Waals surface area contributed by atoms with Crippen molar-refractivity contribution in [3.05, 3.63) is 29.8 Å². The molecule has 0 spiro atoms. The van der Waals surface area contributed by atoms with Crippen molar-refractivity contribution in [1.29, 1.82) is 0 Å². The zero-order valence-corrected chi connectivity index (χ0v) is 12.1. The average Bonchev–Trinajstić information content (AvgIpc) is 2.91. The lowest BCUT2D eigenvalue weighted by Crippen LogP contribution is -2.26. The van der Waals surface area contributed by atoms with Crippen LogP contribution in [0.2, 0.25) is 0 Å². The van der Waals surface area contributed by atoms with Crippen molar-refractivity contribution >= 4 is 6.09 Å². The topological polar surface area (TPSA) is 53.0 Å². The zero-order valence-electron chi connectivity index (χ0n) is 12.1. The van der Waals surface area contributed by atoms with Crippen LogP contribution in [0.25, 0.3) is 0 Å². The number of carbonyl (C=O) groups is 1. The zero-order chi connectivity index (χ0) is 14.5. The summed E-state index contributed by atoms with van der Waals surface area (Å²) in [6.07, 6.45) is 1.43. The molecule has 0 saturated carbocycles. The molecule has 0 radical (unpaired) electrons. The number of benzene rings is 1. The van der Waals surface area contributed by atoms with Gasteiger partial charge in [0, 0.05) is 20.6 Å². The van der Waals surface area contributed by atoms with Crippen LogP contribution in [0.1, 0.15) is 24.5 Å². The lowest BCUT2D eigenvalue weighted by molar-refractivity contribution is 0.126. The minimum Gasteiger partial charge on any atom is -0.410 e. The maximum absolute atomic E-state index is 11.5. The van der Waals surface area contributed by atoms with Crippen molar-refractivity contribution in [1.82, 2.24) is 9.80 Å². The van der Waals surface area contributed by atoms with Crippen LogP contribution in [0, 0.1) is 0 Å². The Balaban J connectivity index is 1.99. The Morgan fingerprint density at radius 1 is 1.40 bits per heavy atom. The fourth-order valence-corrected chi connectivity index (χ4v) is 2.29. The third-order valence-electron chi connectivity index (χ3n) is 3.44. The molecule has 1 aliphatic rings. The maximum Gasteiger partial charge on any atom is 0.414 e. The van der Waals surface area contributed by atoms with Crippen molar-refractivity contribution < 1.29 is 14.6 Å². The molecule has 20 heavy (non-hydrogen) atoms. The van der Waals surface area contributed by atoms with Gasteiger partial charge in [0.05, 0.1) is 6.10 Å². The molecule has 2 rings (SSSR count). The Kier molecular flexibility index (Phi) is 4.98. The minimum absolute atomic E-state index is 0.420. The van der Waals surface area contributed by atoms with E-state index in [1.165, 1.54) is 17.7 Å². The van der Waals surface area contributed by atoms with Crippen LogP contribution in [0.15, 0.2) is 24.3 Å². The number of rotatable bonds is 4. The van der Waals surface area contributed by atoms with Crippen LogP contribution < -0.4 is 4.74 Å². The molecule has 1 atom stereocenters. The summed E-state index contributed by atoms with van der Waals surface area (Å²) in [5.41, 5.74) is 0.779. The van der Waals surface area contributed by atoms with Crippen molar-refractivity contribution in [2.75, 3.05) is 33.7 Å². The first-order chi connectivity index (χ1) is 9.56. The summed E-state index contributed by atoms with van der Waals surface area (Å²) in [5, 5.41) is 10.3. The van der Waals surface area contributed by atoms with Gasteiger partial charge in [-0.15, -0.1) is 0 Å². The van der Waals surface area contributed by atoms with E-state index in [2.05, 4.69) is 4.90 Å². The van der Waals surface area contributed by atoms with Crippen molar-refractivity contribution in [3.8, 4) is 5.75 Å². The highest BCUT2D eigenvalue weighted by Gasteiger charge is 2.17. The molecule has 1 N–H and O–H groups in total. The molecule has 5 nitrogen and oxygen atoms in total. The van der Waals surface area contributed by atoms with E-state index in [4.69, 9.17) is 4.74 Å². The lowest BCUT2D eigenvalue weighted by atomic mass is 10.1. The van der Waals surface area contributed by atoms with Crippen molar-refractivity contribution in [2.24, 2.45) is 0 Å². The highest BCUT2D eigenvalue weighted by atomic mass is 16.6. The first-order valence-electron chi connectivity index (χ1n) is 6.96. The number of nitrogens with zero attached hydrogens (tertiary/aromatic N) is 2. The molecule has 110 valence electrons. The maximum atomic E-state index is 11.5. The molecule has 0 aromatic heterocycles. The molecule has 1 aromatic rings. The summed E-state index contributed by atoms with van der Waals surface area (Å²) in [6, 6.07) is 7.09. The van der Waals surface area contributed by atoms with Crippen LogP contribution >= 0.6 is 0 Å². The molecule has 1 amide bonds. The molecule has 0 bridgehead atoms. The van der Waals surface area contributed by atoms with E-state index in [-0.39, 0.29) is 0 Å². The third-order valence-corrected chi connectivity index (χ3v) is 3.44. The van der Waals surface area contributed by atoms with Gasteiger partial charge in [0.1, 0.15) is 5.75 Å². The largest absolute Gasteiger partial charge is 0.414 e. The number of carbonyl (C=O) groups excluding carboxylic acids is 1. The predicted octanol–water partition coefficient (Wildman–Crippen LogP) is 1.88. The van der Waals surface area contributed by atoms with Gasteiger partial charge in [-0.25, -0.2) is 4.79 Å². The molecule has 1 heterocycles. The summed E-state index contributed by atoms with van der Waals surface area (Å²) >= 11 is 0. The van der Waals surface area contributed by atoms with E-state index in [1.54, 1.807) is 32.3 Å². The Bertz CT molecular complexity index is 456. The van der Waals surface area contributed by atoms with Gasteiger partial charge >= 0.3 is 6.09 Å². The number of ether oxygens (including phenoxy) is 1. The summed E-state index contributed by atoms with van der Waals surface area (Å²) in [7, 11) is 3.27. The molecule has 1 aromatic carbocycles. The number of aliphatic hydroxyl groups excluding tert-OH is 1. The second kappa shape index (κ2) is 6.72. The number of hydrogen-bond donors (Lipinski definition) is 1. The molecular weight excluding hydrogens is 256 g/mol. The summed E-state index contributed by atoms with van der Waals surface area (Å²) in [5.74, 6) is 0.460. The second-order valence-corrected chi connectivity index (χ2v) is 5.36. The fourth-order valence-electron chi connectivity index (χ4n) is 2.29. The van der Waals surface area contributed by atoms with E-state index in [0.29, 0.717) is 12.3 Å². The van der Waals surface area contributed by atoms with Gasteiger partial charge < -0.3 is 19.6 Å². The van der Waals surface area contributed by atoms with Crippen molar-refractivity contribution in [3.63, 3.8) is 0 Å². The first-order valence-corrected chi connectivity index (χ1v) is 6.96. The molecule has 5 heteroatoms. The summed E-state index contributed by atoms with van der Waals surface area (Å²) in [4.78, 5) is 15.1. The van der Waals surface area contributed by atoms with Gasteiger partial charge in [0.2, 0.25) is 0 Å². The third kappa shape index (κ3) is 3.95. The number of β-amino-alcohol motifs (C(OH)–C–C–N with tert-alkyl or cyclic N) is 1. The quantitative estimate of drug-likeness (QED) is 0.913. The highest BCUT2D eigenvalue weighted by molar-refractivity contribution is 5.70. The average molecular weight is 278 g/mol. The van der Waals surface area contributed by atoms with Crippen LogP contribution in [-0.4, -0.2) is 54.7 Å². The van der Waals surface area contributed by atoms with Crippen LogP contribution in [0.3, 0.4) is 0 Å². The monoisotopic (exact) mass is 278 g/mol. The van der Waals surface area contributed by atoms with Crippen LogP contribution in [0.5, 0.6) is 5.75 Å². The van der Waals surface area contributed by atoms with Crippen LogP contribution in [-0.2, 0) is 0 Å². The number of likely N-dealkylation sites (tertiary alicyclic amines) is 1. The number of hydrogen-bond acceptors (Lipinski definition) is 4. The summed E-state index contributed by atoms with van der Waals surface area (Å²) in [6.45, 7) is 2.73. The minimum atomic E-state index is -0.550. The Hall–Kier alpha value is -1.59. The van der Waals surface area contributed by atoms with Gasteiger partial charge in [-0.2, -0.15) is 0 Å². The van der Waals surface area contributed by atoms with Gasteiger partial charge in [0.15, 0.2) is 0 Å². The second-order valence-electron chi connectivity index (χ2n) is 5.36.